The maximum atomic E-state index is 12.8. The van der Waals surface area contributed by atoms with Crippen molar-refractivity contribution in [1.29, 1.82) is 0 Å². The molecule has 372 valence electrons. The van der Waals surface area contributed by atoms with Gasteiger partial charge >= 0.3 is 17.9 Å². The minimum absolute atomic E-state index is 0.0872. The predicted octanol–water partition coefficient (Wildman–Crippen LogP) is 18.3. The Labute approximate surface area is 397 Å². The van der Waals surface area contributed by atoms with Gasteiger partial charge in [-0.25, -0.2) is 0 Å². The average molecular weight is 897 g/mol. The van der Waals surface area contributed by atoms with E-state index in [2.05, 4.69) is 69.4 Å². The van der Waals surface area contributed by atoms with Gasteiger partial charge in [-0.1, -0.05) is 230 Å². The molecule has 0 amide bonds. The summed E-state index contributed by atoms with van der Waals surface area (Å²) in [6.07, 6.45) is 63.8. The van der Waals surface area contributed by atoms with Gasteiger partial charge in [0.15, 0.2) is 6.10 Å². The highest BCUT2D eigenvalue weighted by molar-refractivity contribution is 5.71. The van der Waals surface area contributed by atoms with Crippen LogP contribution in [0.3, 0.4) is 0 Å². The molecule has 0 aromatic rings. The first-order chi connectivity index (χ1) is 31.5. The zero-order chi connectivity index (χ0) is 46.5. The molecule has 6 heteroatoms. The van der Waals surface area contributed by atoms with Crippen LogP contribution in [0.15, 0.2) is 48.6 Å². The van der Waals surface area contributed by atoms with Crippen molar-refractivity contribution >= 4 is 17.9 Å². The summed E-state index contributed by atoms with van der Waals surface area (Å²) in [5, 5.41) is 0. The second-order valence-corrected chi connectivity index (χ2v) is 18.5. The normalized spacial score (nSPS) is 12.4. The second kappa shape index (κ2) is 53.0. The van der Waals surface area contributed by atoms with Gasteiger partial charge in [-0.2, -0.15) is 0 Å². The molecule has 0 rings (SSSR count). The molecule has 6 nitrogen and oxygen atoms in total. The van der Waals surface area contributed by atoms with Crippen molar-refractivity contribution in [2.24, 2.45) is 0 Å². The fourth-order valence-electron chi connectivity index (χ4n) is 7.86. The summed E-state index contributed by atoms with van der Waals surface area (Å²) in [7, 11) is 0. The molecule has 0 N–H and O–H groups in total. The lowest BCUT2D eigenvalue weighted by Crippen LogP contribution is -2.30. The maximum absolute atomic E-state index is 12.8. The Morgan fingerprint density at radius 1 is 0.312 bits per heavy atom. The molecule has 0 aliphatic rings. The first-order valence-electron chi connectivity index (χ1n) is 27.6. The smallest absolute Gasteiger partial charge is 0.306 e. The minimum Gasteiger partial charge on any atom is -0.462 e. The number of esters is 3. The lowest BCUT2D eigenvalue weighted by atomic mass is 10.0. The molecule has 64 heavy (non-hydrogen) atoms. The van der Waals surface area contributed by atoms with Gasteiger partial charge in [-0.15, -0.1) is 0 Å². The third kappa shape index (κ3) is 50.4. The van der Waals surface area contributed by atoms with Crippen LogP contribution < -0.4 is 0 Å². The van der Waals surface area contributed by atoms with Gasteiger partial charge in [0.2, 0.25) is 0 Å². The monoisotopic (exact) mass is 897 g/mol. The van der Waals surface area contributed by atoms with Crippen LogP contribution in [0.25, 0.3) is 0 Å². The second-order valence-electron chi connectivity index (χ2n) is 18.5. The number of unbranched alkanes of at least 4 members (excludes halogenated alkanes) is 31. The summed E-state index contributed by atoms with van der Waals surface area (Å²) in [6, 6.07) is 0. The zero-order valence-electron chi connectivity index (χ0n) is 42.6. The fourth-order valence-corrected chi connectivity index (χ4v) is 7.86. The lowest BCUT2D eigenvalue weighted by molar-refractivity contribution is -0.167. The average Bonchev–Trinajstić information content (AvgIpc) is 3.29. The summed E-state index contributed by atoms with van der Waals surface area (Å²) in [5.41, 5.74) is 0. The third-order valence-corrected chi connectivity index (χ3v) is 12.1. The predicted molar refractivity (Wildman–Crippen MR) is 275 cm³/mol. The Morgan fingerprint density at radius 3 is 0.953 bits per heavy atom. The number of carbonyl (C=O) groups excluding carboxylic acids is 3. The van der Waals surface area contributed by atoms with Crippen LogP contribution in [0.5, 0.6) is 0 Å². The molecule has 0 saturated carbocycles. The first-order valence-corrected chi connectivity index (χ1v) is 27.6. The molecular formula is C58H104O6. The van der Waals surface area contributed by atoms with Crippen LogP contribution in [0, 0.1) is 0 Å². The highest BCUT2D eigenvalue weighted by atomic mass is 16.6. The SMILES string of the molecule is CCCCC/C=C\C/C=C\C/C=C\CCCCC(=O)O[C@@H](COC(=O)CCCCCCCCC/C=C\CCCCCCCCCC)COC(=O)CCCCCCCCCCCCCC. The van der Waals surface area contributed by atoms with E-state index in [-0.39, 0.29) is 37.5 Å². The van der Waals surface area contributed by atoms with Crippen LogP contribution in [-0.4, -0.2) is 37.2 Å². The van der Waals surface area contributed by atoms with Crippen LogP contribution in [-0.2, 0) is 28.6 Å². The van der Waals surface area contributed by atoms with E-state index in [9.17, 15) is 14.4 Å². The molecule has 0 saturated heterocycles. The van der Waals surface area contributed by atoms with Gasteiger partial charge in [0.1, 0.15) is 13.2 Å². The van der Waals surface area contributed by atoms with Crippen LogP contribution >= 0.6 is 0 Å². The molecule has 0 aromatic heterocycles. The lowest BCUT2D eigenvalue weighted by Gasteiger charge is -2.18. The van der Waals surface area contributed by atoms with Crippen LogP contribution in [0.4, 0.5) is 0 Å². The Balaban J connectivity index is 4.38. The van der Waals surface area contributed by atoms with Gasteiger partial charge < -0.3 is 14.2 Å². The molecule has 0 aromatic carbocycles. The van der Waals surface area contributed by atoms with Crippen molar-refractivity contribution in [3.8, 4) is 0 Å². The minimum atomic E-state index is -0.791. The summed E-state index contributed by atoms with van der Waals surface area (Å²) < 4.78 is 16.8. The Kier molecular flexibility index (Phi) is 50.8. The van der Waals surface area contributed by atoms with E-state index in [1.165, 1.54) is 173 Å². The Morgan fingerprint density at radius 2 is 0.562 bits per heavy atom. The van der Waals surface area contributed by atoms with E-state index in [1.54, 1.807) is 0 Å². The molecule has 0 aliphatic carbocycles. The number of rotatable bonds is 50. The molecule has 0 aliphatic heterocycles. The number of hydrogen-bond donors (Lipinski definition) is 0. The first kappa shape index (κ1) is 61.4. The van der Waals surface area contributed by atoms with Crippen LogP contribution in [0.1, 0.15) is 284 Å². The van der Waals surface area contributed by atoms with E-state index in [1.807, 2.05) is 0 Å². The van der Waals surface area contributed by atoms with E-state index < -0.39 is 6.10 Å². The van der Waals surface area contributed by atoms with Gasteiger partial charge in [-0.3, -0.25) is 14.4 Å². The molecule has 0 spiro atoms. The molecule has 0 radical (unpaired) electrons. The summed E-state index contributed by atoms with van der Waals surface area (Å²) >= 11 is 0. The molecule has 1 atom stereocenters. The third-order valence-electron chi connectivity index (χ3n) is 12.1. The summed E-state index contributed by atoms with van der Waals surface area (Å²) in [5.74, 6) is -0.920. The van der Waals surface area contributed by atoms with Gasteiger partial charge in [0.05, 0.1) is 0 Å². The highest BCUT2D eigenvalue weighted by Crippen LogP contribution is 2.15. The van der Waals surface area contributed by atoms with E-state index >= 15 is 0 Å². The van der Waals surface area contributed by atoms with Gasteiger partial charge in [0.25, 0.3) is 0 Å². The van der Waals surface area contributed by atoms with Crippen molar-refractivity contribution in [3.05, 3.63) is 48.6 Å². The number of ether oxygens (including phenoxy) is 3. The van der Waals surface area contributed by atoms with Crippen molar-refractivity contribution in [2.45, 2.75) is 290 Å². The van der Waals surface area contributed by atoms with Crippen molar-refractivity contribution in [2.75, 3.05) is 13.2 Å². The number of allylic oxidation sites excluding steroid dienone is 8. The van der Waals surface area contributed by atoms with Gasteiger partial charge in [-0.05, 0) is 83.5 Å². The molecule has 0 bridgehead atoms. The standard InChI is InChI=1S/C58H104O6/c1-4-7-10-13-16-19-22-25-27-28-29-30-32-33-36-39-42-45-48-51-57(60)63-54-55(53-62-56(59)50-47-44-41-38-35-24-21-18-15-12-9-6-3)64-58(61)52-49-46-43-40-37-34-31-26-23-20-17-14-11-8-5-2/h17,20,26,28-29,31,37,40,55H,4-16,18-19,21-25,27,30,32-36,38-39,41-54H2,1-3H3/b20-17-,29-28-,31-26-,40-37-/t55-/m1/s1. The molecule has 0 heterocycles. The number of carbonyl (C=O) groups is 3. The van der Waals surface area contributed by atoms with E-state index in [4.69, 9.17) is 14.2 Å². The maximum Gasteiger partial charge on any atom is 0.306 e. The largest absolute Gasteiger partial charge is 0.462 e. The Hall–Kier alpha value is -2.63. The number of hydrogen-bond acceptors (Lipinski definition) is 6. The quantitative estimate of drug-likeness (QED) is 0.0262. The zero-order valence-corrected chi connectivity index (χ0v) is 42.6. The summed E-state index contributed by atoms with van der Waals surface area (Å²) in [6.45, 7) is 6.59. The van der Waals surface area contributed by atoms with Crippen molar-refractivity contribution in [3.63, 3.8) is 0 Å². The van der Waals surface area contributed by atoms with E-state index in [0.29, 0.717) is 19.3 Å². The van der Waals surface area contributed by atoms with Crippen LogP contribution in [0.2, 0.25) is 0 Å². The topological polar surface area (TPSA) is 78.9 Å². The highest BCUT2D eigenvalue weighted by Gasteiger charge is 2.19. The van der Waals surface area contributed by atoms with Crippen molar-refractivity contribution < 1.29 is 28.6 Å². The van der Waals surface area contributed by atoms with E-state index in [0.717, 1.165) is 64.2 Å². The fraction of sp³-hybridized carbons (Fsp3) is 0.810. The van der Waals surface area contributed by atoms with Crippen molar-refractivity contribution in [1.82, 2.24) is 0 Å². The summed E-state index contributed by atoms with van der Waals surface area (Å²) in [4.78, 5) is 38.0. The molecule has 0 unspecified atom stereocenters. The molecular weight excluding hydrogens is 793 g/mol. The Bertz CT molecular complexity index is 1120. The molecule has 0 fully saturated rings. The van der Waals surface area contributed by atoms with Gasteiger partial charge in [0, 0.05) is 19.3 Å².